The molecule has 16 heavy (non-hydrogen) atoms. The first-order valence-electron chi connectivity index (χ1n) is 5.61. The third-order valence-electron chi connectivity index (χ3n) is 3.02. The van der Waals surface area contributed by atoms with E-state index in [1.807, 2.05) is 4.90 Å². The summed E-state index contributed by atoms with van der Waals surface area (Å²) in [5, 5.41) is 8.86. The number of rotatable bonds is 3. The van der Waals surface area contributed by atoms with Crippen molar-refractivity contribution >= 4 is 5.91 Å². The smallest absolute Gasteiger partial charge is 0.255 e. The summed E-state index contributed by atoms with van der Waals surface area (Å²) in [6.07, 6.45) is 5.04. The number of pyridine rings is 1. The molecular weight excluding hydrogens is 204 g/mol. The van der Waals surface area contributed by atoms with Crippen molar-refractivity contribution in [3.8, 4) is 0 Å². The van der Waals surface area contributed by atoms with E-state index in [-0.39, 0.29) is 12.5 Å². The highest BCUT2D eigenvalue weighted by Gasteiger charge is 2.26. The standard InChI is InChI=1S/C12H16N2O2/c15-7-4-10-3-6-14(9-10)12(16)11-2-1-5-13-8-11/h1-2,5,8,10,15H,3-4,6-7,9H2. The van der Waals surface area contributed by atoms with Crippen LogP contribution in [0.15, 0.2) is 24.5 Å². The van der Waals surface area contributed by atoms with E-state index in [9.17, 15) is 4.79 Å². The van der Waals surface area contributed by atoms with Crippen LogP contribution in [-0.4, -0.2) is 40.6 Å². The molecule has 1 N–H and O–H groups in total. The second-order valence-corrected chi connectivity index (χ2v) is 4.16. The van der Waals surface area contributed by atoms with Crippen LogP contribution in [0.3, 0.4) is 0 Å². The summed E-state index contributed by atoms with van der Waals surface area (Å²) in [4.78, 5) is 17.8. The summed E-state index contributed by atoms with van der Waals surface area (Å²) in [6, 6.07) is 3.56. The van der Waals surface area contributed by atoms with Crippen LogP contribution in [0.5, 0.6) is 0 Å². The van der Waals surface area contributed by atoms with E-state index in [1.54, 1.807) is 24.5 Å². The van der Waals surface area contributed by atoms with Gasteiger partial charge in [-0.25, -0.2) is 0 Å². The summed E-state index contributed by atoms with van der Waals surface area (Å²) in [5.74, 6) is 0.499. The van der Waals surface area contributed by atoms with Crippen molar-refractivity contribution in [3.05, 3.63) is 30.1 Å². The predicted molar refractivity (Wildman–Crippen MR) is 60.0 cm³/mol. The van der Waals surface area contributed by atoms with Gasteiger partial charge >= 0.3 is 0 Å². The van der Waals surface area contributed by atoms with Crippen molar-refractivity contribution in [1.29, 1.82) is 0 Å². The number of hydrogen-bond donors (Lipinski definition) is 1. The maximum absolute atomic E-state index is 12.0. The van der Waals surface area contributed by atoms with Gasteiger partial charge in [-0.2, -0.15) is 0 Å². The van der Waals surface area contributed by atoms with E-state index >= 15 is 0 Å². The van der Waals surface area contributed by atoms with Gasteiger partial charge in [-0.05, 0) is 30.9 Å². The molecule has 0 bridgehead atoms. The fourth-order valence-electron chi connectivity index (χ4n) is 2.11. The summed E-state index contributed by atoms with van der Waals surface area (Å²) in [6.45, 7) is 1.76. The molecule has 1 saturated heterocycles. The normalized spacial score (nSPS) is 20.1. The molecule has 0 spiro atoms. The van der Waals surface area contributed by atoms with Gasteiger partial charge in [0.2, 0.25) is 0 Å². The lowest BCUT2D eigenvalue weighted by atomic mass is 10.1. The Morgan fingerprint density at radius 1 is 1.62 bits per heavy atom. The van der Waals surface area contributed by atoms with Crippen molar-refractivity contribution in [3.63, 3.8) is 0 Å². The lowest BCUT2D eigenvalue weighted by Gasteiger charge is -2.16. The van der Waals surface area contributed by atoms with E-state index < -0.39 is 0 Å². The first kappa shape index (κ1) is 11.1. The van der Waals surface area contributed by atoms with Gasteiger partial charge in [-0.15, -0.1) is 0 Å². The number of aliphatic hydroxyl groups is 1. The third-order valence-corrected chi connectivity index (χ3v) is 3.02. The molecule has 0 radical (unpaired) electrons. The second-order valence-electron chi connectivity index (χ2n) is 4.16. The van der Waals surface area contributed by atoms with Gasteiger partial charge in [-0.1, -0.05) is 0 Å². The minimum atomic E-state index is 0.0496. The largest absolute Gasteiger partial charge is 0.396 e. The monoisotopic (exact) mass is 220 g/mol. The van der Waals surface area contributed by atoms with Crippen LogP contribution >= 0.6 is 0 Å². The van der Waals surface area contributed by atoms with Crippen LogP contribution in [0.25, 0.3) is 0 Å². The van der Waals surface area contributed by atoms with Crippen molar-refractivity contribution in [2.24, 2.45) is 5.92 Å². The molecule has 1 unspecified atom stereocenters. The van der Waals surface area contributed by atoms with Gasteiger partial charge in [0.25, 0.3) is 5.91 Å². The van der Waals surface area contributed by atoms with Gasteiger partial charge in [0.05, 0.1) is 5.56 Å². The number of carbonyl (C=O) groups excluding carboxylic acids is 1. The zero-order valence-electron chi connectivity index (χ0n) is 9.17. The van der Waals surface area contributed by atoms with Gasteiger partial charge in [0.1, 0.15) is 0 Å². The number of hydrogen-bond acceptors (Lipinski definition) is 3. The summed E-state index contributed by atoms with van der Waals surface area (Å²) < 4.78 is 0. The first-order chi connectivity index (χ1) is 7.81. The molecule has 1 fully saturated rings. The van der Waals surface area contributed by atoms with Gasteiger partial charge < -0.3 is 10.0 Å². The zero-order chi connectivity index (χ0) is 11.4. The summed E-state index contributed by atoms with van der Waals surface area (Å²) in [5.41, 5.74) is 0.646. The van der Waals surface area contributed by atoms with Crippen LogP contribution < -0.4 is 0 Å². The Balaban J connectivity index is 1.97. The lowest BCUT2D eigenvalue weighted by molar-refractivity contribution is 0.0784. The Morgan fingerprint density at radius 3 is 3.19 bits per heavy atom. The molecule has 2 rings (SSSR count). The Kier molecular flexibility index (Phi) is 3.51. The van der Waals surface area contributed by atoms with E-state index in [0.717, 1.165) is 25.9 Å². The van der Waals surface area contributed by atoms with E-state index in [2.05, 4.69) is 4.98 Å². The topological polar surface area (TPSA) is 53.4 Å². The highest BCUT2D eigenvalue weighted by molar-refractivity contribution is 5.94. The number of nitrogens with zero attached hydrogens (tertiary/aromatic N) is 2. The number of aliphatic hydroxyl groups excluding tert-OH is 1. The molecule has 1 aliphatic rings. The maximum Gasteiger partial charge on any atom is 0.255 e. The molecule has 1 atom stereocenters. The number of amides is 1. The average molecular weight is 220 g/mol. The Bertz CT molecular complexity index is 353. The van der Waals surface area contributed by atoms with Gasteiger partial charge in [0, 0.05) is 32.1 Å². The molecule has 0 saturated carbocycles. The Labute approximate surface area is 94.9 Å². The molecule has 1 aromatic heterocycles. The molecule has 86 valence electrons. The molecule has 4 nitrogen and oxygen atoms in total. The molecule has 2 heterocycles. The van der Waals surface area contributed by atoms with Crippen molar-refractivity contribution in [1.82, 2.24) is 9.88 Å². The lowest BCUT2D eigenvalue weighted by Crippen LogP contribution is -2.28. The summed E-state index contributed by atoms with van der Waals surface area (Å²) >= 11 is 0. The quantitative estimate of drug-likeness (QED) is 0.824. The van der Waals surface area contributed by atoms with Crippen LogP contribution in [0.1, 0.15) is 23.2 Å². The first-order valence-corrected chi connectivity index (χ1v) is 5.61. The number of likely N-dealkylation sites (tertiary alicyclic amines) is 1. The Morgan fingerprint density at radius 2 is 2.50 bits per heavy atom. The number of aromatic nitrogens is 1. The fourth-order valence-corrected chi connectivity index (χ4v) is 2.11. The van der Waals surface area contributed by atoms with Crippen molar-refractivity contribution < 1.29 is 9.90 Å². The van der Waals surface area contributed by atoms with Crippen molar-refractivity contribution in [2.75, 3.05) is 19.7 Å². The zero-order valence-corrected chi connectivity index (χ0v) is 9.17. The fraction of sp³-hybridized carbons (Fsp3) is 0.500. The Hall–Kier alpha value is -1.42. The molecule has 0 aromatic carbocycles. The molecule has 1 aliphatic heterocycles. The van der Waals surface area contributed by atoms with Gasteiger partial charge in [0.15, 0.2) is 0 Å². The molecule has 4 heteroatoms. The maximum atomic E-state index is 12.0. The minimum Gasteiger partial charge on any atom is -0.396 e. The predicted octanol–water partition coefficient (Wildman–Crippen LogP) is 0.926. The highest BCUT2D eigenvalue weighted by Crippen LogP contribution is 2.20. The van der Waals surface area contributed by atoms with Crippen LogP contribution in [0.4, 0.5) is 0 Å². The summed E-state index contributed by atoms with van der Waals surface area (Å²) in [7, 11) is 0. The van der Waals surface area contributed by atoms with Crippen molar-refractivity contribution in [2.45, 2.75) is 12.8 Å². The molecule has 0 aliphatic carbocycles. The average Bonchev–Trinajstić information content (AvgIpc) is 2.78. The number of carbonyl (C=O) groups is 1. The SMILES string of the molecule is O=C(c1cccnc1)N1CCC(CCO)C1. The van der Waals surface area contributed by atoms with Gasteiger partial charge in [-0.3, -0.25) is 9.78 Å². The molecule has 1 amide bonds. The van der Waals surface area contributed by atoms with E-state index in [0.29, 0.717) is 11.5 Å². The molecule has 1 aromatic rings. The van der Waals surface area contributed by atoms with E-state index in [1.165, 1.54) is 0 Å². The van der Waals surface area contributed by atoms with Crippen LogP contribution in [-0.2, 0) is 0 Å². The van der Waals surface area contributed by atoms with E-state index in [4.69, 9.17) is 5.11 Å². The second kappa shape index (κ2) is 5.07. The van der Waals surface area contributed by atoms with Crippen LogP contribution in [0.2, 0.25) is 0 Å². The van der Waals surface area contributed by atoms with Crippen LogP contribution in [0, 0.1) is 5.92 Å². The minimum absolute atomic E-state index is 0.0496. The highest BCUT2D eigenvalue weighted by atomic mass is 16.3. The molecular formula is C12H16N2O2. The third kappa shape index (κ3) is 2.39.